The van der Waals surface area contributed by atoms with Crippen molar-refractivity contribution >= 4 is 43.7 Å². The smallest absolute Gasteiger partial charge is 0.145 e. The van der Waals surface area contributed by atoms with E-state index in [-0.39, 0.29) is 0 Å². The molecule has 11 rings (SSSR count). The Labute approximate surface area is 323 Å². The maximum absolute atomic E-state index is 5.45. The summed E-state index contributed by atoms with van der Waals surface area (Å²) >= 11 is 0. The van der Waals surface area contributed by atoms with Crippen LogP contribution in [0.4, 0.5) is 0 Å². The van der Waals surface area contributed by atoms with Crippen LogP contribution in [0.2, 0.25) is 0 Å². The Kier molecular flexibility index (Phi) is 7.42. The molecule has 56 heavy (non-hydrogen) atoms. The number of imidazole rings is 2. The molecule has 5 nitrogen and oxygen atoms in total. The molecular formula is C51H33N5. The maximum Gasteiger partial charge on any atom is 0.145 e. The van der Waals surface area contributed by atoms with Gasteiger partial charge in [-0.3, -0.25) is 9.13 Å². The van der Waals surface area contributed by atoms with Crippen LogP contribution in [0, 0.1) is 0 Å². The molecule has 0 bridgehead atoms. The minimum absolute atomic E-state index is 0.898. The van der Waals surface area contributed by atoms with E-state index in [9.17, 15) is 0 Å². The van der Waals surface area contributed by atoms with Crippen molar-refractivity contribution in [3.63, 3.8) is 0 Å². The normalized spacial score (nSPS) is 11.6. The first-order valence-electron chi connectivity index (χ1n) is 18.9. The standard InChI is InChI=1S/C51H33N5/c1-4-15-36(16-5-1)50-53-44-25-12-13-26-45(44)56(50)40-22-14-19-38(33-40)34-27-29-35(30-28-34)48-47-42(41-23-10-11-24-43(41)52-48)31-32-46-49(47)54-51(37-17-6-2-7-18-37)55(46)39-20-8-3-9-21-39/h1-33H. The first kappa shape index (κ1) is 31.9. The van der Waals surface area contributed by atoms with Crippen LogP contribution in [0.1, 0.15) is 0 Å². The second-order valence-electron chi connectivity index (χ2n) is 14.1. The van der Waals surface area contributed by atoms with E-state index >= 15 is 0 Å². The lowest BCUT2D eigenvalue weighted by Gasteiger charge is -2.13. The van der Waals surface area contributed by atoms with Crippen molar-refractivity contribution in [1.82, 2.24) is 24.1 Å². The summed E-state index contributed by atoms with van der Waals surface area (Å²) in [6, 6.07) is 70.1. The SMILES string of the molecule is c1ccc(-c2nc3ccccc3n2-c2cccc(-c3ccc(-c4nc5ccccc5c5ccc6c(nc(-c7ccccc7)n6-c6ccccc6)c45)cc3)c2)cc1. The van der Waals surface area contributed by atoms with Crippen molar-refractivity contribution in [3.05, 3.63) is 200 Å². The average molecular weight is 716 g/mol. The summed E-state index contributed by atoms with van der Waals surface area (Å²) in [4.78, 5) is 15.9. The lowest BCUT2D eigenvalue weighted by molar-refractivity contribution is 1.10. The van der Waals surface area contributed by atoms with Gasteiger partial charge in [0.15, 0.2) is 0 Å². The summed E-state index contributed by atoms with van der Waals surface area (Å²) < 4.78 is 4.53. The Balaban J connectivity index is 1.08. The zero-order valence-electron chi connectivity index (χ0n) is 30.3. The average Bonchev–Trinajstić information content (AvgIpc) is 3.87. The van der Waals surface area contributed by atoms with E-state index in [2.05, 4.69) is 191 Å². The van der Waals surface area contributed by atoms with Gasteiger partial charge < -0.3 is 0 Å². The lowest BCUT2D eigenvalue weighted by Crippen LogP contribution is -1.98. The number of fused-ring (bicyclic) bond motifs is 6. The molecule has 0 unspecified atom stereocenters. The zero-order valence-corrected chi connectivity index (χ0v) is 30.3. The molecule has 5 heteroatoms. The Bertz CT molecular complexity index is 3220. The lowest BCUT2D eigenvalue weighted by atomic mass is 9.97. The molecule has 8 aromatic carbocycles. The number of pyridine rings is 1. The molecule has 0 aliphatic rings. The Hall–Kier alpha value is -7.63. The summed E-state index contributed by atoms with van der Waals surface area (Å²) in [5, 5.41) is 3.29. The van der Waals surface area contributed by atoms with E-state index in [0.29, 0.717) is 0 Å². The third kappa shape index (κ3) is 5.21. The van der Waals surface area contributed by atoms with Crippen molar-refractivity contribution < 1.29 is 0 Å². The second-order valence-corrected chi connectivity index (χ2v) is 14.1. The van der Waals surface area contributed by atoms with Gasteiger partial charge in [-0.25, -0.2) is 15.0 Å². The molecule has 3 heterocycles. The van der Waals surface area contributed by atoms with Gasteiger partial charge in [0.2, 0.25) is 0 Å². The number of hydrogen-bond acceptors (Lipinski definition) is 3. The van der Waals surface area contributed by atoms with Crippen LogP contribution in [0.15, 0.2) is 200 Å². The summed E-state index contributed by atoms with van der Waals surface area (Å²) in [6.45, 7) is 0. The number of rotatable bonds is 6. The van der Waals surface area contributed by atoms with Crippen LogP contribution in [-0.4, -0.2) is 24.1 Å². The van der Waals surface area contributed by atoms with Gasteiger partial charge in [-0.2, -0.15) is 0 Å². The van der Waals surface area contributed by atoms with Gasteiger partial charge in [-0.1, -0.05) is 152 Å². The van der Waals surface area contributed by atoms with Crippen molar-refractivity contribution in [1.29, 1.82) is 0 Å². The fourth-order valence-electron chi connectivity index (χ4n) is 8.12. The van der Waals surface area contributed by atoms with Crippen LogP contribution >= 0.6 is 0 Å². The molecule has 0 spiro atoms. The van der Waals surface area contributed by atoms with Gasteiger partial charge in [0.05, 0.1) is 33.3 Å². The van der Waals surface area contributed by atoms with Gasteiger partial charge in [-0.15, -0.1) is 0 Å². The van der Waals surface area contributed by atoms with E-state index in [4.69, 9.17) is 15.0 Å². The van der Waals surface area contributed by atoms with E-state index in [1.54, 1.807) is 0 Å². The predicted octanol–water partition coefficient (Wildman–Crippen LogP) is 12.7. The Morgan fingerprint density at radius 1 is 0.321 bits per heavy atom. The highest BCUT2D eigenvalue weighted by molar-refractivity contribution is 6.20. The number of nitrogens with zero attached hydrogens (tertiary/aromatic N) is 5. The minimum atomic E-state index is 0.898. The summed E-state index contributed by atoms with van der Waals surface area (Å²) in [6.07, 6.45) is 0. The highest BCUT2D eigenvalue weighted by Gasteiger charge is 2.21. The summed E-state index contributed by atoms with van der Waals surface area (Å²) in [7, 11) is 0. The number of benzene rings is 8. The monoisotopic (exact) mass is 715 g/mol. The number of para-hydroxylation sites is 4. The molecule has 0 amide bonds. The second kappa shape index (κ2) is 13.0. The van der Waals surface area contributed by atoms with Crippen LogP contribution in [-0.2, 0) is 0 Å². The third-order valence-electron chi connectivity index (χ3n) is 10.7. The molecule has 11 aromatic rings. The van der Waals surface area contributed by atoms with Gasteiger partial charge in [0, 0.05) is 38.8 Å². The zero-order chi connectivity index (χ0) is 37.0. The molecule has 0 aliphatic carbocycles. The van der Waals surface area contributed by atoms with Crippen LogP contribution < -0.4 is 0 Å². The molecule has 0 radical (unpaired) electrons. The highest BCUT2D eigenvalue weighted by atomic mass is 15.1. The molecule has 0 aliphatic heterocycles. The first-order valence-corrected chi connectivity index (χ1v) is 18.9. The fourth-order valence-corrected chi connectivity index (χ4v) is 8.12. The van der Waals surface area contributed by atoms with Crippen LogP contribution in [0.3, 0.4) is 0 Å². The highest BCUT2D eigenvalue weighted by Crippen LogP contribution is 2.40. The van der Waals surface area contributed by atoms with Crippen molar-refractivity contribution in [2.75, 3.05) is 0 Å². The molecule has 0 N–H and O–H groups in total. The van der Waals surface area contributed by atoms with E-state index < -0.39 is 0 Å². The molecule has 0 atom stereocenters. The summed E-state index contributed by atoms with van der Waals surface area (Å²) in [5.74, 6) is 1.82. The van der Waals surface area contributed by atoms with Crippen molar-refractivity contribution in [2.24, 2.45) is 0 Å². The van der Waals surface area contributed by atoms with Crippen LogP contribution in [0.5, 0.6) is 0 Å². The van der Waals surface area contributed by atoms with E-state index in [1.165, 1.54) is 0 Å². The Morgan fingerprint density at radius 3 is 1.64 bits per heavy atom. The number of aromatic nitrogens is 5. The molecule has 0 fully saturated rings. The van der Waals surface area contributed by atoms with Crippen molar-refractivity contribution in [2.45, 2.75) is 0 Å². The Morgan fingerprint density at radius 2 is 0.893 bits per heavy atom. The molecule has 0 saturated carbocycles. The third-order valence-corrected chi connectivity index (χ3v) is 10.7. The largest absolute Gasteiger partial charge is 0.292 e. The van der Waals surface area contributed by atoms with Crippen LogP contribution in [0.25, 0.3) is 100 Å². The minimum Gasteiger partial charge on any atom is -0.292 e. The van der Waals surface area contributed by atoms with Gasteiger partial charge in [-0.05, 0) is 65.0 Å². The quantitative estimate of drug-likeness (QED) is 0.161. The van der Waals surface area contributed by atoms with Crippen molar-refractivity contribution in [3.8, 4) is 56.5 Å². The van der Waals surface area contributed by atoms with Gasteiger partial charge in [0.1, 0.15) is 11.6 Å². The number of hydrogen-bond donors (Lipinski definition) is 0. The molecular weight excluding hydrogens is 683 g/mol. The predicted molar refractivity (Wildman–Crippen MR) is 230 cm³/mol. The van der Waals surface area contributed by atoms with Gasteiger partial charge in [0.25, 0.3) is 0 Å². The topological polar surface area (TPSA) is 48.5 Å². The van der Waals surface area contributed by atoms with E-state index in [1.807, 2.05) is 18.2 Å². The fraction of sp³-hybridized carbons (Fsp3) is 0. The molecule has 3 aromatic heterocycles. The van der Waals surface area contributed by atoms with Gasteiger partial charge >= 0.3 is 0 Å². The van der Waals surface area contributed by atoms with E-state index in [0.717, 1.165) is 100 Å². The molecule has 262 valence electrons. The summed E-state index contributed by atoms with van der Waals surface area (Å²) in [5.41, 5.74) is 13.4. The molecule has 0 saturated heterocycles. The maximum atomic E-state index is 5.45. The first-order chi connectivity index (χ1) is 27.8.